The molecule has 0 aliphatic heterocycles. The normalized spacial score (nSPS) is 15.4. The molecule has 0 unspecified atom stereocenters. The first-order valence-electron chi connectivity index (χ1n) is 9.49. The third kappa shape index (κ3) is 4.98. The van der Waals surface area contributed by atoms with Gasteiger partial charge in [-0.3, -0.25) is 0 Å². The first-order chi connectivity index (χ1) is 13.0. The molecule has 3 rings (SSSR count). The fourth-order valence-electron chi connectivity index (χ4n) is 3.19. The second-order valence-corrected chi connectivity index (χ2v) is 8.36. The SMILES string of the molecule is CC(C)(C)c1cc(CNC2CCC2)c(O)c(-c2ccc(OC(F)(F)F)cc2)c1. The van der Waals surface area contributed by atoms with Crippen LogP contribution in [0.15, 0.2) is 36.4 Å². The van der Waals surface area contributed by atoms with Crippen molar-refractivity contribution in [2.24, 2.45) is 0 Å². The summed E-state index contributed by atoms with van der Waals surface area (Å²) in [6.45, 7) is 6.83. The van der Waals surface area contributed by atoms with Crippen LogP contribution >= 0.6 is 0 Å². The first kappa shape index (κ1) is 20.5. The van der Waals surface area contributed by atoms with Gasteiger partial charge in [0.1, 0.15) is 11.5 Å². The summed E-state index contributed by atoms with van der Waals surface area (Å²) >= 11 is 0. The van der Waals surface area contributed by atoms with E-state index in [-0.39, 0.29) is 16.9 Å². The molecule has 28 heavy (non-hydrogen) atoms. The van der Waals surface area contributed by atoms with Crippen molar-refractivity contribution in [2.45, 2.75) is 64.4 Å². The van der Waals surface area contributed by atoms with Gasteiger partial charge >= 0.3 is 6.36 Å². The molecule has 1 saturated carbocycles. The zero-order chi connectivity index (χ0) is 20.5. The zero-order valence-electron chi connectivity index (χ0n) is 16.4. The zero-order valence-corrected chi connectivity index (χ0v) is 16.4. The minimum atomic E-state index is -4.73. The van der Waals surface area contributed by atoms with E-state index in [1.54, 1.807) is 0 Å². The highest BCUT2D eigenvalue weighted by Crippen LogP contribution is 2.38. The number of ether oxygens (including phenoxy) is 1. The van der Waals surface area contributed by atoms with Crippen LogP contribution < -0.4 is 10.1 Å². The highest BCUT2D eigenvalue weighted by molar-refractivity contribution is 5.73. The lowest BCUT2D eigenvalue weighted by Gasteiger charge is -2.28. The number of rotatable bonds is 5. The molecule has 152 valence electrons. The van der Waals surface area contributed by atoms with Crippen molar-refractivity contribution >= 4 is 0 Å². The van der Waals surface area contributed by atoms with Crippen LogP contribution in [0, 0.1) is 0 Å². The smallest absolute Gasteiger partial charge is 0.507 e. The highest BCUT2D eigenvalue weighted by atomic mass is 19.4. The van der Waals surface area contributed by atoms with Gasteiger partial charge in [0.25, 0.3) is 0 Å². The molecule has 0 amide bonds. The monoisotopic (exact) mass is 393 g/mol. The summed E-state index contributed by atoms with van der Waals surface area (Å²) in [7, 11) is 0. The molecule has 1 aliphatic carbocycles. The van der Waals surface area contributed by atoms with Gasteiger partial charge in [0.15, 0.2) is 0 Å². The molecular weight excluding hydrogens is 367 g/mol. The van der Waals surface area contributed by atoms with Gasteiger partial charge in [0.05, 0.1) is 0 Å². The van der Waals surface area contributed by atoms with Crippen molar-refractivity contribution in [1.29, 1.82) is 0 Å². The van der Waals surface area contributed by atoms with Crippen LogP contribution in [0.5, 0.6) is 11.5 Å². The van der Waals surface area contributed by atoms with Crippen LogP contribution in [0.2, 0.25) is 0 Å². The molecule has 1 aliphatic rings. The Kier molecular flexibility index (Phi) is 5.62. The Balaban J connectivity index is 1.93. The summed E-state index contributed by atoms with van der Waals surface area (Å²) in [5.74, 6) is -0.126. The van der Waals surface area contributed by atoms with Crippen LogP contribution in [-0.4, -0.2) is 17.5 Å². The Labute approximate surface area is 163 Å². The van der Waals surface area contributed by atoms with E-state index in [2.05, 4.69) is 30.8 Å². The van der Waals surface area contributed by atoms with Gasteiger partial charge in [-0.2, -0.15) is 0 Å². The lowest BCUT2D eigenvalue weighted by Crippen LogP contribution is -2.34. The Morgan fingerprint density at radius 2 is 1.71 bits per heavy atom. The van der Waals surface area contributed by atoms with Crippen LogP contribution in [0.4, 0.5) is 13.2 Å². The molecule has 6 heteroatoms. The molecule has 2 aromatic carbocycles. The summed E-state index contributed by atoms with van der Waals surface area (Å²) in [6, 6.07) is 9.99. The predicted octanol–water partition coefficient (Wildman–Crippen LogP) is 5.90. The summed E-state index contributed by atoms with van der Waals surface area (Å²) in [5.41, 5.74) is 2.97. The Hall–Kier alpha value is -2.21. The summed E-state index contributed by atoms with van der Waals surface area (Å²) in [5, 5.41) is 14.3. The average Bonchev–Trinajstić information content (AvgIpc) is 2.53. The Bertz CT molecular complexity index is 819. The maximum Gasteiger partial charge on any atom is 0.573 e. The van der Waals surface area contributed by atoms with Crippen molar-refractivity contribution in [3.8, 4) is 22.6 Å². The topological polar surface area (TPSA) is 41.5 Å². The number of alkyl halides is 3. The van der Waals surface area contributed by atoms with Crippen LogP contribution in [0.3, 0.4) is 0 Å². The quantitative estimate of drug-likeness (QED) is 0.665. The van der Waals surface area contributed by atoms with E-state index in [4.69, 9.17) is 0 Å². The molecule has 0 atom stereocenters. The second kappa shape index (κ2) is 7.66. The molecule has 3 nitrogen and oxygen atoms in total. The van der Waals surface area contributed by atoms with Crippen LogP contribution in [-0.2, 0) is 12.0 Å². The van der Waals surface area contributed by atoms with Gasteiger partial charge in [-0.1, -0.05) is 45.4 Å². The van der Waals surface area contributed by atoms with Crippen LogP contribution in [0.25, 0.3) is 11.1 Å². The number of hydrogen-bond donors (Lipinski definition) is 2. The Morgan fingerprint density at radius 1 is 1.07 bits per heavy atom. The molecule has 2 aromatic rings. The van der Waals surface area contributed by atoms with E-state index in [0.717, 1.165) is 24.0 Å². The number of nitrogens with one attached hydrogen (secondary N) is 1. The number of phenolic OH excluding ortho intramolecular Hbond substituents is 1. The molecule has 1 fully saturated rings. The second-order valence-electron chi connectivity index (χ2n) is 8.36. The maximum atomic E-state index is 12.4. The van der Waals surface area contributed by atoms with E-state index in [0.29, 0.717) is 23.7 Å². The van der Waals surface area contributed by atoms with E-state index < -0.39 is 6.36 Å². The van der Waals surface area contributed by atoms with Gasteiger partial charge in [0, 0.05) is 23.7 Å². The number of hydrogen-bond acceptors (Lipinski definition) is 3. The van der Waals surface area contributed by atoms with E-state index in [9.17, 15) is 18.3 Å². The Morgan fingerprint density at radius 3 is 2.21 bits per heavy atom. The van der Waals surface area contributed by atoms with E-state index >= 15 is 0 Å². The van der Waals surface area contributed by atoms with Gasteiger partial charge in [-0.05, 0) is 47.6 Å². The molecule has 0 spiro atoms. The first-order valence-corrected chi connectivity index (χ1v) is 9.49. The van der Waals surface area contributed by atoms with Crippen molar-refractivity contribution in [3.05, 3.63) is 47.5 Å². The minimum absolute atomic E-state index is 0.132. The number of halogens is 3. The maximum absolute atomic E-state index is 12.4. The molecule has 0 saturated heterocycles. The van der Waals surface area contributed by atoms with Crippen molar-refractivity contribution in [2.75, 3.05) is 0 Å². The fourth-order valence-corrected chi connectivity index (χ4v) is 3.19. The van der Waals surface area contributed by atoms with E-state index in [1.165, 1.54) is 30.7 Å². The number of phenols is 1. The number of aromatic hydroxyl groups is 1. The molecule has 0 aromatic heterocycles. The summed E-state index contributed by atoms with van der Waals surface area (Å²) in [6.07, 6.45) is -1.21. The van der Waals surface area contributed by atoms with E-state index in [1.807, 2.05) is 12.1 Å². The lowest BCUT2D eigenvalue weighted by atomic mass is 9.83. The van der Waals surface area contributed by atoms with Gasteiger partial charge in [-0.15, -0.1) is 13.2 Å². The van der Waals surface area contributed by atoms with Crippen LogP contribution in [0.1, 0.15) is 51.2 Å². The van der Waals surface area contributed by atoms with Gasteiger partial charge in [0.2, 0.25) is 0 Å². The third-order valence-electron chi connectivity index (χ3n) is 5.14. The minimum Gasteiger partial charge on any atom is -0.507 e. The predicted molar refractivity (Wildman–Crippen MR) is 103 cm³/mol. The molecule has 2 N–H and O–H groups in total. The van der Waals surface area contributed by atoms with Gasteiger partial charge < -0.3 is 15.2 Å². The molecule has 0 bridgehead atoms. The highest BCUT2D eigenvalue weighted by Gasteiger charge is 2.31. The summed E-state index contributed by atoms with van der Waals surface area (Å²) < 4.78 is 41.1. The molecule has 0 heterocycles. The largest absolute Gasteiger partial charge is 0.573 e. The standard InChI is InChI=1S/C22H26F3NO2/c1-21(2,3)16-11-15(13-26-17-5-4-6-17)20(27)19(12-16)14-7-9-18(10-8-14)28-22(23,24)25/h7-12,17,26-27H,4-6,13H2,1-3H3. The number of benzene rings is 2. The summed E-state index contributed by atoms with van der Waals surface area (Å²) in [4.78, 5) is 0. The fraction of sp³-hybridized carbons (Fsp3) is 0.455. The average molecular weight is 393 g/mol. The third-order valence-corrected chi connectivity index (χ3v) is 5.14. The lowest BCUT2D eigenvalue weighted by molar-refractivity contribution is -0.274. The molecule has 0 radical (unpaired) electrons. The van der Waals surface area contributed by atoms with Gasteiger partial charge in [-0.25, -0.2) is 0 Å². The van der Waals surface area contributed by atoms with Crippen molar-refractivity contribution in [1.82, 2.24) is 5.32 Å². The molecular formula is C22H26F3NO2. The van der Waals surface area contributed by atoms with Crippen molar-refractivity contribution in [3.63, 3.8) is 0 Å². The van der Waals surface area contributed by atoms with Crippen molar-refractivity contribution < 1.29 is 23.0 Å².